The van der Waals surface area contributed by atoms with Crippen LogP contribution in [0.15, 0.2) is 225 Å². The van der Waals surface area contributed by atoms with Gasteiger partial charge in [0.25, 0.3) is 0 Å². The van der Waals surface area contributed by atoms with Crippen molar-refractivity contribution in [3.05, 3.63) is 223 Å². The van der Waals surface area contributed by atoms with E-state index < -0.39 is 0 Å². The Balaban J connectivity index is 0.0000000792. The van der Waals surface area contributed by atoms with Crippen LogP contribution in [0.25, 0.3) is 465 Å². The van der Waals surface area contributed by atoms with Crippen molar-refractivity contribution in [3.63, 3.8) is 0 Å². The van der Waals surface area contributed by atoms with E-state index in [0.717, 1.165) is 39.9 Å². The van der Waals surface area contributed by atoms with Crippen LogP contribution in [0.5, 0.6) is 0 Å². The van der Waals surface area contributed by atoms with Gasteiger partial charge in [-0.3, -0.25) is 0 Å². The van der Waals surface area contributed by atoms with E-state index in [1.807, 2.05) is 136 Å². The van der Waals surface area contributed by atoms with Gasteiger partial charge < -0.3 is 23.2 Å². The molecule has 30 aromatic carbocycles. The van der Waals surface area contributed by atoms with E-state index >= 15 is 0 Å². The fourth-order valence-electron chi connectivity index (χ4n) is 32.2. The normalized spacial score (nSPS) is 14.4. The van der Waals surface area contributed by atoms with Crippen LogP contribution in [0.1, 0.15) is 11.1 Å². The monoisotopic (exact) mass is 2020 g/mol. The maximum Gasteiger partial charge on any atom is 0.153 e. The molecule has 47 aromatic rings. The van der Waals surface area contributed by atoms with Crippen molar-refractivity contribution in [2.75, 3.05) is 0 Å². The number of H-pyrrole nitrogens is 2. The topological polar surface area (TPSA) is 71.0 Å². The molecule has 0 fully saturated rings. The van der Waals surface area contributed by atoms with Gasteiger partial charge in [-0.1, -0.05) is 115 Å². The first-order valence-electron chi connectivity index (χ1n) is 48.9. The summed E-state index contributed by atoms with van der Waals surface area (Å²) in [5.41, 5.74) is 14.0. The first kappa shape index (κ1) is 70.0. The fraction of sp³-hybridized carbons (Fsp3) is 0.00787. The average molecular weight is 2030 g/mol. The van der Waals surface area contributed by atoms with Crippen molar-refractivity contribution in [3.8, 4) is 0 Å². The van der Waals surface area contributed by atoms with Crippen molar-refractivity contribution in [1.29, 1.82) is 0 Å². The number of rotatable bonds is 0. The summed E-state index contributed by atoms with van der Waals surface area (Å²) >= 11 is 23.3. The van der Waals surface area contributed by atoms with Gasteiger partial charge in [0.2, 0.25) is 0 Å². The fourth-order valence-corrected chi connectivity index (χ4v) is 46.0. The van der Waals surface area contributed by atoms with E-state index in [-0.39, 0.29) is 0 Å². The lowest BCUT2D eigenvalue weighted by atomic mass is 9.85. The maximum atomic E-state index is 7.00. The summed E-state index contributed by atoms with van der Waals surface area (Å²) in [5, 5.41) is 110. The number of hydrogen-bond acceptors (Lipinski definition) is 15. The quantitative estimate of drug-likeness (QED) is 0.149. The molecule has 1 aliphatic carbocycles. The first-order valence-corrected chi connectivity index (χ1v) is 59.3. The molecule has 0 spiro atoms. The minimum Gasteiger partial charge on any atom is -0.454 e. The van der Waals surface area contributed by atoms with E-state index in [1.165, 1.54) is 437 Å². The highest BCUT2D eigenvalue weighted by Gasteiger charge is 2.42. The molecule has 0 aliphatic heterocycles. The highest BCUT2D eigenvalue weighted by Crippen LogP contribution is 2.71. The van der Waals surface area contributed by atoms with Crippen molar-refractivity contribution in [2.24, 2.45) is 0 Å². The van der Waals surface area contributed by atoms with Crippen molar-refractivity contribution >= 4 is 601 Å². The van der Waals surface area contributed by atoms with Gasteiger partial charge in [-0.15, -0.1) is 136 Å². The van der Waals surface area contributed by atoms with Crippen molar-refractivity contribution in [2.45, 2.75) is 6.42 Å². The number of fused-ring (bicyclic) bond motifs is 18. The third-order valence-electron chi connectivity index (χ3n) is 36.7. The number of thiophene rings is 12. The Hall–Kier alpha value is -14.7. The number of aromatic amines is 2. The summed E-state index contributed by atoms with van der Waals surface area (Å²) in [7, 11) is 0. The summed E-state index contributed by atoms with van der Waals surface area (Å²) in [6, 6.07) is 62.1. The van der Waals surface area contributed by atoms with Crippen LogP contribution in [-0.4, -0.2) is 9.97 Å². The Morgan fingerprint density at radius 1 is 0.167 bits per heavy atom. The SMILES string of the molecule is c1cc2c3c(c1)c1csc4c5[nH]c6cccc7c8csc9c%10[nH]c%11cccc%12c%13csc%14c(c3c3c(c%14%13)c(c%10c%11%12)c(c89)c(c5c67)c3c14)C2.c1cc2oc3c4scc5c6cccc7oc8c9scc%10c%11cccc%12oc%13c%14scc%15c(c1)c2c3c1c(c54)c(c8c76)c(c%109)c(c%13c%12%11)c1c%15%14.c1cc2sc3c4scc5c6cccc7sc8c9scc%10c%11cccc%12sc%13c%14scc%15c(c1)c2c3c1c(c54)c(c8c76)c(c%109)c(c%13c%12%11)c1c%15%14. The van der Waals surface area contributed by atoms with Gasteiger partial charge in [0.05, 0.1) is 62.7 Å². The van der Waals surface area contributed by atoms with E-state index in [4.69, 9.17) is 13.3 Å². The van der Waals surface area contributed by atoms with Crippen LogP contribution < -0.4 is 0 Å². The zero-order valence-electron chi connectivity index (χ0n) is 73.6. The Kier molecular flexibility index (Phi) is 10.6. The first-order chi connectivity index (χ1) is 71.5. The predicted octanol–water partition coefficient (Wildman–Crippen LogP) is 44.3. The molecule has 0 radical (unpaired) electrons. The summed E-state index contributed by atoms with van der Waals surface area (Å²) in [4.78, 5) is 8.05. The summed E-state index contributed by atoms with van der Waals surface area (Å²) in [6.45, 7) is 0. The third-order valence-corrected chi connectivity index (χ3v) is 49.6. The minimum atomic E-state index is 0.955. The molecule has 144 heavy (non-hydrogen) atoms. The van der Waals surface area contributed by atoms with E-state index in [1.54, 1.807) is 5.56 Å². The zero-order chi connectivity index (χ0) is 90.1. The number of furan rings is 3. The smallest absolute Gasteiger partial charge is 0.153 e. The molecule has 0 atom stereocenters. The Morgan fingerprint density at radius 2 is 0.417 bits per heavy atom. The number of aromatic nitrogens is 2. The van der Waals surface area contributed by atoms with Gasteiger partial charge in [0.15, 0.2) is 16.7 Å². The molecule has 0 unspecified atom stereocenters. The van der Waals surface area contributed by atoms with Crippen molar-refractivity contribution < 1.29 is 13.3 Å². The van der Waals surface area contributed by atoms with Gasteiger partial charge in [-0.05, 0) is 173 Å². The lowest BCUT2D eigenvalue weighted by Gasteiger charge is -2.17. The molecule has 0 saturated heterocycles. The largest absolute Gasteiger partial charge is 0.454 e. The summed E-state index contributed by atoms with van der Waals surface area (Å²) < 4.78 is 42.1. The van der Waals surface area contributed by atoms with E-state index in [0.29, 0.717) is 0 Å². The molecule has 48 rings (SSSR count). The second kappa shape index (κ2) is 21.7. The summed E-state index contributed by atoms with van der Waals surface area (Å²) in [5.74, 6) is 0. The molecule has 1 aliphatic rings. The minimum absolute atomic E-state index is 0.955. The van der Waals surface area contributed by atoms with Crippen LogP contribution in [0, 0.1) is 0 Å². The zero-order valence-corrected chi connectivity index (χ0v) is 83.4. The molecule has 648 valence electrons. The van der Waals surface area contributed by atoms with Gasteiger partial charge >= 0.3 is 0 Å². The molecular weight excluding hydrogens is 1990 g/mol. The Morgan fingerprint density at radius 3 is 0.778 bits per heavy atom. The third kappa shape index (κ3) is 6.65. The second-order valence-corrected chi connectivity index (χ2v) is 53.0. The molecule has 0 amide bonds. The number of benzene rings is 21. The molecule has 17 aromatic heterocycles. The van der Waals surface area contributed by atoms with E-state index in [2.05, 4.69) is 222 Å². The van der Waals surface area contributed by atoms with Crippen LogP contribution in [-0.2, 0) is 6.42 Å². The van der Waals surface area contributed by atoms with Crippen molar-refractivity contribution in [1.82, 2.24) is 9.97 Å². The maximum absolute atomic E-state index is 7.00. The Bertz CT molecular complexity index is 13200. The van der Waals surface area contributed by atoms with Crippen LogP contribution in [0.4, 0.5) is 0 Å². The average Bonchev–Trinajstić information content (AvgIpc) is 1.47. The molecule has 0 saturated carbocycles. The van der Waals surface area contributed by atoms with Gasteiger partial charge in [-0.2, -0.15) is 0 Å². The molecular formula is C127H40N2O3S12. The number of hydrogen-bond donors (Lipinski definition) is 2. The summed E-state index contributed by atoms with van der Waals surface area (Å²) in [6.07, 6.45) is 1.01. The predicted molar refractivity (Wildman–Crippen MR) is 643 cm³/mol. The second-order valence-electron chi connectivity index (χ2n) is 41.9. The van der Waals surface area contributed by atoms with Gasteiger partial charge in [0.1, 0.15) is 16.7 Å². The van der Waals surface area contributed by atoms with E-state index in [9.17, 15) is 0 Å². The molecule has 2 N–H and O–H groups in total. The lowest BCUT2D eigenvalue weighted by Crippen LogP contribution is -1.90. The Labute approximate surface area is 845 Å². The lowest BCUT2D eigenvalue weighted by molar-refractivity contribution is 0.673. The highest BCUT2D eigenvalue weighted by atomic mass is 32.1. The molecule has 17 heterocycles. The van der Waals surface area contributed by atoms with Gasteiger partial charge in [0, 0.05) is 311 Å². The molecule has 5 nitrogen and oxygen atoms in total. The van der Waals surface area contributed by atoms with Gasteiger partial charge in [-0.25, -0.2) is 0 Å². The highest BCUT2D eigenvalue weighted by molar-refractivity contribution is 7.34. The standard InChI is InChI=1S/C43H16N2S3.C42H12O3S3.C42H12S6/c1-4-14-10-18-27-24(14)15(5-1)19-12-47-42-29(19)33-31(27)32-28-20(11-46-41(18)28)16-6-2-8-22-25(16)37-35(32)34-30-21(13-48-43(30)39(37)44-22)17-7-3-9-23-26(17)38(36(33)34)40(42)45-23;1-4-13-16-10-46-40-25(16)28-31-29-26-17(11-47-41(26)37-34(31)22(13)19(7-1)43-37)14-5-2-9-21-24(14)36-33(29)30-27-18(12-48-42(27)39(36)45-21)15-6-3-8-20-23(15)35(32(28)30)38(40)44-20;1-4-13-16-10-43-37-25(16)28-31-29-26-17(11-44-38(26)40-34(31)22(13)19(7-1)46-40)14-5-2-9-21-24(14)36-33(29)30-27-18(12-45-39(27)42(36)48-21)15-6-3-8-20-23(15)35(32(28)30)41(37)47-20/h1-9,11-13,44-45H,10H2;2*1-12H. The van der Waals surface area contributed by atoms with Crippen LogP contribution in [0.3, 0.4) is 0 Å². The molecule has 0 bridgehead atoms. The molecule has 17 heteroatoms. The van der Waals surface area contributed by atoms with Crippen LogP contribution >= 0.6 is 136 Å². The van der Waals surface area contributed by atoms with Crippen LogP contribution in [0.2, 0.25) is 0 Å². The number of nitrogens with one attached hydrogen (secondary N) is 2.